The van der Waals surface area contributed by atoms with Gasteiger partial charge in [0.1, 0.15) is 6.04 Å². The number of nitrogens with one attached hydrogen (secondary N) is 2. The number of amides is 1. The first-order valence-corrected chi connectivity index (χ1v) is 7.22. The van der Waals surface area contributed by atoms with Crippen molar-refractivity contribution in [1.82, 2.24) is 5.32 Å². The van der Waals surface area contributed by atoms with Gasteiger partial charge >= 0.3 is 6.18 Å². The molecule has 144 valence electrons. The van der Waals surface area contributed by atoms with E-state index in [9.17, 15) is 38.2 Å². The Balaban J connectivity index is 3.70. The van der Waals surface area contributed by atoms with Crippen LogP contribution in [0.3, 0.4) is 0 Å². The molecule has 0 saturated heterocycles. The van der Waals surface area contributed by atoms with Gasteiger partial charge in [-0.15, -0.1) is 0 Å². The summed E-state index contributed by atoms with van der Waals surface area (Å²) in [5.41, 5.74) is -5.45. The monoisotopic (exact) mass is 378 g/mol. The molecule has 0 heterocycles. The molecule has 0 aromatic heterocycles. The highest BCUT2D eigenvalue weighted by Crippen LogP contribution is 2.42. The Morgan fingerprint density at radius 1 is 1.08 bits per heavy atom. The fourth-order valence-corrected chi connectivity index (χ4v) is 2.18. The van der Waals surface area contributed by atoms with Crippen LogP contribution >= 0.6 is 0 Å². The largest absolute Gasteiger partial charge is 0.416 e. The topological polar surface area (TPSA) is 127 Å². The molecule has 1 aromatic rings. The normalized spacial score (nSPS) is 13.0. The number of nitrogens with zero attached hydrogens (tertiary/aromatic N) is 2. The molecule has 2 N–H and O–H groups in total. The van der Waals surface area contributed by atoms with Gasteiger partial charge < -0.3 is 10.6 Å². The molecule has 1 amide bonds. The van der Waals surface area contributed by atoms with Crippen LogP contribution in [0.4, 0.5) is 30.2 Å². The van der Waals surface area contributed by atoms with Crippen molar-refractivity contribution >= 4 is 23.0 Å². The van der Waals surface area contributed by atoms with Crippen LogP contribution in [0.1, 0.15) is 26.3 Å². The molecule has 12 heteroatoms. The summed E-state index contributed by atoms with van der Waals surface area (Å²) in [6.45, 7) is 4.75. The molecule has 0 aliphatic carbocycles. The van der Waals surface area contributed by atoms with Crippen molar-refractivity contribution in [3.63, 3.8) is 0 Å². The van der Waals surface area contributed by atoms with Crippen LogP contribution in [0.2, 0.25) is 0 Å². The number of hydrogen-bond acceptors (Lipinski definition) is 6. The second-order valence-corrected chi connectivity index (χ2v) is 6.46. The number of alkyl halides is 3. The third-order valence-corrected chi connectivity index (χ3v) is 3.48. The highest BCUT2D eigenvalue weighted by atomic mass is 19.4. The van der Waals surface area contributed by atoms with Crippen molar-refractivity contribution in [3.05, 3.63) is 37.9 Å². The fraction of sp³-hybridized carbons (Fsp3) is 0.500. The number of nitro groups is 2. The van der Waals surface area contributed by atoms with Crippen LogP contribution in [-0.2, 0) is 11.0 Å². The Hall–Kier alpha value is -2.92. The van der Waals surface area contributed by atoms with Crippen molar-refractivity contribution in [2.75, 3.05) is 12.4 Å². The summed E-state index contributed by atoms with van der Waals surface area (Å²) in [5, 5.41) is 27.1. The van der Waals surface area contributed by atoms with Gasteiger partial charge in [-0.1, -0.05) is 20.8 Å². The lowest BCUT2D eigenvalue weighted by Gasteiger charge is -2.30. The summed E-state index contributed by atoms with van der Waals surface area (Å²) in [6, 6.07) is -0.792. The number of anilines is 1. The number of carbonyl (C=O) groups excluding carboxylic acids is 1. The Morgan fingerprint density at radius 3 is 1.77 bits per heavy atom. The predicted octanol–water partition coefficient (Wildman–Crippen LogP) is 3.09. The molecule has 9 nitrogen and oxygen atoms in total. The average molecular weight is 378 g/mol. The number of rotatable bonds is 5. The summed E-state index contributed by atoms with van der Waals surface area (Å²) >= 11 is 0. The second-order valence-electron chi connectivity index (χ2n) is 6.46. The zero-order valence-corrected chi connectivity index (χ0v) is 14.3. The van der Waals surface area contributed by atoms with E-state index >= 15 is 0 Å². The van der Waals surface area contributed by atoms with Gasteiger partial charge in [-0.25, -0.2) is 0 Å². The Labute approximate surface area is 145 Å². The molecule has 26 heavy (non-hydrogen) atoms. The lowest BCUT2D eigenvalue weighted by Crippen LogP contribution is -2.46. The number of likely N-dealkylation sites (N-methyl/N-ethyl adjacent to an activating group) is 1. The van der Waals surface area contributed by atoms with Crippen molar-refractivity contribution in [2.45, 2.75) is 33.0 Å². The number of hydrogen-bond donors (Lipinski definition) is 2. The minimum absolute atomic E-state index is 0.193. The molecule has 1 unspecified atom stereocenters. The molecule has 0 fully saturated rings. The van der Waals surface area contributed by atoms with Crippen LogP contribution in [0.25, 0.3) is 0 Å². The zero-order chi connectivity index (χ0) is 20.4. The van der Waals surface area contributed by atoms with Gasteiger partial charge in [0.15, 0.2) is 5.69 Å². The summed E-state index contributed by atoms with van der Waals surface area (Å²) in [7, 11) is 1.29. The smallest absolute Gasteiger partial charge is 0.362 e. The Kier molecular flexibility index (Phi) is 5.80. The van der Waals surface area contributed by atoms with Gasteiger partial charge in [-0.05, 0) is 5.41 Å². The highest BCUT2D eigenvalue weighted by Gasteiger charge is 2.40. The highest BCUT2D eigenvalue weighted by molar-refractivity contribution is 5.88. The summed E-state index contributed by atoms with van der Waals surface area (Å²) < 4.78 is 38.7. The van der Waals surface area contributed by atoms with Gasteiger partial charge in [0, 0.05) is 19.2 Å². The van der Waals surface area contributed by atoms with E-state index in [4.69, 9.17) is 0 Å². The van der Waals surface area contributed by atoms with Crippen molar-refractivity contribution < 1.29 is 27.8 Å². The van der Waals surface area contributed by atoms with Gasteiger partial charge in [-0.2, -0.15) is 13.2 Å². The zero-order valence-electron chi connectivity index (χ0n) is 14.3. The lowest BCUT2D eigenvalue weighted by atomic mass is 9.85. The van der Waals surface area contributed by atoms with Gasteiger partial charge in [0.25, 0.3) is 11.4 Å². The fourth-order valence-electron chi connectivity index (χ4n) is 2.18. The minimum atomic E-state index is -5.02. The maximum absolute atomic E-state index is 12.9. The van der Waals surface area contributed by atoms with Gasteiger partial charge in [-0.3, -0.25) is 25.0 Å². The summed E-state index contributed by atoms with van der Waals surface area (Å²) in [6.07, 6.45) is -5.02. The number of benzene rings is 1. The van der Waals surface area contributed by atoms with E-state index in [1.165, 1.54) is 7.05 Å². The molecule has 0 saturated carbocycles. The van der Waals surface area contributed by atoms with Gasteiger partial charge in [0.05, 0.1) is 15.4 Å². The van der Waals surface area contributed by atoms with Crippen LogP contribution in [0.15, 0.2) is 12.1 Å². The molecular weight excluding hydrogens is 361 g/mol. The maximum Gasteiger partial charge on any atom is 0.416 e. The van der Waals surface area contributed by atoms with E-state index in [1.54, 1.807) is 20.8 Å². The van der Waals surface area contributed by atoms with E-state index < -0.39 is 56.0 Å². The average Bonchev–Trinajstić information content (AvgIpc) is 2.48. The first kappa shape index (κ1) is 21.1. The summed E-state index contributed by atoms with van der Waals surface area (Å²) in [4.78, 5) is 32.2. The molecular formula is C14H17F3N4O5. The van der Waals surface area contributed by atoms with Gasteiger partial charge in [0.2, 0.25) is 5.91 Å². The number of carbonyl (C=O) groups is 1. The molecule has 1 rings (SSSR count). The third kappa shape index (κ3) is 4.58. The molecule has 1 atom stereocenters. The van der Waals surface area contributed by atoms with Crippen LogP contribution in [0, 0.1) is 25.6 Å². The van der Waals surface area contributed by atoms with Crippen molar-refractivity contribution in [1.29, 1.82) is 0 Å². The van der Waals surface area contributed by atoms with E-state index in [-0.39, 0.29) is 12.1 Å². The van der Waals surface area contributed by atoms with E-state index in [0.717, 1.165) is 0 Å². The summed E-state index contributed by atoms with van der Waals surface area (Å²) in [5.74, 6) is -0.638. The maximum atomic E-state index is 12.9. The molecule has 1 aromatic carbocycles. The molecule has 0 aliphatic heterocycles. The van der Waals surface area contributed by atoms with E-state index in [1.807, 2.05) is 0 Å². The molecule has 0 radical (unpaired) electrons. The first-order chi connectivity index (χ1) is 11.7. The number of halogens is 3. The lowest BCUT2D eigenvalue weighted by molar-refractivity contribution is -0.392. The predicted molar refractivity (Wildman–Crippen MR) is 85.7 cm³/mol. The molecule has 0 bridgehead atoms. The second kappa shape index (κ2) is 7.14. The minimum Gasteiger partial charge on any atom is -0.362 e. The standard InChI is InChI=1S/C14H17F3N4O5/c1-13(2,3)11(12(22)18-4)19-10-8(20(23)24)5-7(14(15,16)17)6-9(10)21(25)26/h5-6,11,19H,1-4H3,(H,18,22). The molecule has 0 spiro atoms. The van der Waals surface area contributed by atoms with Crippen molar-refractivity contribution in [3.8, 4) is 0 Å². The first-order valence-electron chi connectivity index (χ1n) is 7.22. The van der Waals surface area contributed by atoms with E-state index in [0.29, 0.717) is 0 Å². The van der Waals surface area contributed by atoms with Crippen LogP contribution in [-0.4, -0.2) is 28.8 Å². The Bertz CT molecular complexity index is 708. The van der Waals surface area contributed by atoms with Crippen LogP contribution in [0.5, 0.6) is 0 Å². The van der Waals surface area contributed by atoms with E-state index in [2.05, 4.69) is 10.6 Å². The SMILES string of the molecule is CNC(=O)C(Nc1c([N+](=O)[O-])cc(C(F)(F)F)cc1[N+](=O)[O-])C(C)(C)C. The molecule has 0 aliphatic rings. The third-order valence-electron chi connectivity index (χ3n) is 3.48. The van der Waals surface area contributed by atoms with Crippen molar-refractivity contribution in [2.24, 2.45) is 5.41 Å². The van der Waals surface area contributed by atoms with Crippen LogP contribution < -0.4 is 10.6 Å². The quantitative estimate of drug-likeness (QED) is 0.599. The Morgan fingerprint density at radius 2 is 1.50 bits per heavy atom. The number of nitro benzene ring substituents is 2.